The number of halogens is 2. The van der Waals surface area contributed by atoms with E-state index in [9.17, 15) is 30.4 Å². The number of piperidine rings is 1. The normalized spacial score (nSPS) is 15.6. The summed E-state index contributed by atoms with van der Waals surface area (Å²) in [5.74, 6) is -1.86. The number of ether oxygens (including phenoxy) is 1. The lowest BCUT2D eigenvalue weighted by atomic mass is 9.72. The second kappa shape index (κ2) is 11.3. The zero-order chi connectivity index (χ0) is 31.2. The molecular weight excluding hydrogens is 602 g/mol. The monoisotopic (exact) mass is 632 g/mol. The van der Waals surface area contributed by atoms with Crippen molar-refractivity contribution < 1.29 is 35.1 Å². The molecule has 10 nitrogen and oxygen atoms in total. The highest BCUT2D eigenvalue weighted by atomic mass is 32.2. The number of hydrogen-bond donors (Lipinski definition) is 0. The molecule has 0 N–H and O–H groups in total. The molecule has 0 amide bonds. The fourth-order valence-electron chi connectivity index (χ4n) is 5.36. The summed E-state index contributed by atoms with van der Waals surface area (Å²) in [6.45, 7) is 2.14. The molecule has 0 radical (unpaired) electrons. The maximum absolute atomic E-state index is 15.0. The van der Waals surface area contributed by atoms with Crippen molar-refractivity contribution in [3.8, 4) is 0 Å². The minimum absolute atomic E-state index is 0.0460. The third-order valence-corrected chi connectivity index (χ3v) is 11.1. The number of fused-ring (bicyclic) bond motifs is 1. The van der Waals surface area contributed by atoms with Gasteiger partial charge in [0.2, 0.25) is 10.0 Å². The lowest BCUT2D eigenvalue weighted by molar-refractivity contribution is -0.151. The highest BCUT2D eigenvalue weighted by molar-refractivity contribution is 7.90. The van der Waals surface area contributed by atoms with Gasteiger partial charge >= 0.3 is 5.97 Å². The van der Waals surface area contributed by atoms with Crippen molar-refractivity contribution in [1.29, 1.82) is 0 Å². The van der Waals surface area contributed by atoms with Gasteiger partial charge in [0.25, 0.3) is 10.0 Å². The van der Waals surface area contributed by atoms with Crippen molar-refractivity contribution in [2.24, 2.45) is 0 Å². The Balaban J connectivity index is 1.51. The summed E-state index contributed by atoms with van der Waals surface area (Å²) in [7, 11) is -5.25. The first kappa shape index (κ1) is 30.6. The molecule has 1 aromatic heterocycles. The summed E-state index contributed by atoms with van der Waals surface area (Å²) in [4.78, 5) is 14.8. The van der Waals surface area contributed by atoms with Crippen LogP contribution in [0.25, 0.3) is 10.9 Å². The van der Waals surface area contributed by atoms with Gasteiger partial charge in [-0.15, -0.1) is 5.10 Å². The molecule has 0 atom stereocenters. The molecule has 1 fully saturated rings. The van der Waals surface area contributed by atoms with Crippen molar-refractivity contribution in [3.05, 3.63) is 83.9 Å². The zero-order valence-corrected chi connectivity index (χ0v) is 25.3. The Kier molecular flexibility index (Phi) is 8.05. The lowest BCUT2D eigenvalue weighted by Crippen LogP contribution is -2.49. The van der Waals surface area contributed by atoms with Crippen LogP contribution in [-0.4, -0.2) is 70.1 Å². The predicted octanol–water partition coefficient (Wildman–Crippen LogP) is 3.90. The first-order chi connectivity index (χ1) is 20.3. The minimum atomic E-state index is -4.25. The van der Waals surface area contributed by atoms with Crippen LogP contribution in [-0.2, 0) is 35.0 Å². The quantitative estimate of drug-likeness (QED) is 0.269. The SMILES string of the molecule is CCOC(=O)C1(c2ccc(F)cc2F)CCN(c2nn(S(=O)(=O)c3ccc(S(=O)(=O)N(C)C)cc3)c3ccccc23)CC1. The molecule has 0 aliphatic carbocycles. The number of benzene rings is 3. The number of anilines is 1. The van der Waals surface area contributed by atoms with Gasteiger partial charge in [0, 0.05) is 44.2 Å². The Morgan fingerprint density at radius 2 is 1.58 bits per heavy atom. The minimum Gasteiger partial charge on any atom is -0.465 e. The molecule has 0 saturated carbocycles. The third kappa shape index (κ3) is 5.27. The number of sulfonamides is 1. The van der Waals surface area contributed by atoms with Crippen molar-refractivity contribution in [2.45, 2.75) is 35.0 Å². The van der Waals surface area contributed by atoms with Crippen LogP contribution in [0.5, 0.6) is 0 Å². The molecule has 43 heavy (non-hydrogen) atoms. The van der Waals surface area contributed by atoms with Crippen molar-refractivity contribution in [2.75, 3.05) is 38.7 Å². The molecule has 0 unspecified atom stereocenters. The Morgan fingerprint density at radius 1 is 0.953 bits per heavy atom. The van der Waals surface area contributed by atoms with Gasteiger partial charge in [-0.25, -0.2) is 21.5 Å². The number of carbonyl (C=O) groups is 1. The largest absolute Gasteiger partial charge is 0.465 e. The van der Waals surface area contributed by atoms with Crippen molar-refractivity contribution >= 4 is 42.7 Å². The van der Waals surface area contributed by atoms with Crippen LogP contribution in [0.15, 0.2) is 76.5 Å². The first-order valence-electron chi connectivity index (χ1n) is 13.5. The van der Waals surface area contributed by atoms with E-state index >= 15 is 0 Å². The number of hydrogen-bond acceptors (Lipinski definition) is 8. The zero-order valence-electron chi connectivity index (χ0n) is 23.7. The number of rotatable bonds is 8. The molecule has 14 heteroatoms. The molecule has 1 aliphatic heterocycles. The van der Waals surface area contributed by atoms with Gasteiger partial charge in [0.1, 0.15) is 11.6 Å². The summed E-state index contributed by atoms with van der Waals surface area (Å²) in [5, 5.41) is 5.02. The summed E-state index contributed by atoms with van der Waals surface area (Å²) in [6.07, 6.45) is 0.230. The van der Waals surface area contributed by atoms with Gasteiger partial charge in [-0.05, 0) is 62.2 Å². The number of aromatic nitrogens is 2. The molecular formula is C29H30F2N4O6S2. The van der Waals surface area contributed by atoms with E-state index in [0.29, 0.717) is 16.7 Å². The Labute approximate surface area is 248 Å². The van der Waals surface area contributed by atoms with Gasteiger partial charge in [0.15, 0.2) is 5.82 Å². The third-order valence-electron chi connectivity index (χ3n) is 7.69. The first-order valence-corrected chi connectivity index (χ1v) is 16.3. The van der Waals surface area contributed by atoms with E-state index in [1.807, 2.05) is 4.90 Å². The number of esters is 1. The van der Waals surface area contributed by atoms with Crippen LogP contribution in [0, 0.1) is 11.6 Å². The van der Waals surface area contributed by atoms with Gasteiger partial charge < -0.3 is 9.64 Å². The predicted molar refractivity (Wildman–Crippen MR) is 156 cm³/mol. The van der Waals surface area contributed by atoms with Crippen LogP contribution < -0.4 is 4.90 Å². The maximum Gasteiger partial charge on any atom is 0.316 e. The molecule has 228 valence electrons. The highest BCUT2D eigenvalue weighted by Crippen LogP contribution is 2.41. The maximum atomic E-state index is 15.0. The average molecular weight is 633 g/mol. The van der Waals surface area contributed by atoms with Crippen LogP contribution in [0.4, 0.5) is 14.6 Å². The van der Waals surface area contributed by atoms with Crippen LogP contribution >= 0.6 is 0 Å². The van der Waals surface area contributed by atoms with Gasteiger partial charge in [-0.1, -0.05) is 18.2 Å². The Hall–Kier alpha value is -3.88. The standard InChI is InChI=1S/C29H30F2N4O6S2/c1-4-41-28(36)29(24-14-9-20(30)19-25(24)31)15-17-34(18-16-29)27-23-7-5-6-8-26(23)35(32-27)43(39,40)22-12-10-21(11-13-22)42(37,38)33(2)3/h5-14,19H,4,15-18H2,1-3H3. The van der Waals surface area contributed by atoms with E-state index in [1.54, 1.807) is 31.2 Å². The molecule has 3 aromatic carbocycles. The number of nitrogens with zero attached hydrogens (tertiary/aromatic N) is 4. The van der Waals surface area contributed by atoms with E-state index in [-0.39, 0.29) is 47.9 Å². The molecule has 2 heterocycles. The van der Waals surface area contributed by atoms with E-state index in [0.717, 1.165) is 20.5 Å². The fourth-order valence-corrected chi connectivity index (χ4v) is 7.55. The topological polar surface area (TPSA) is 119 Å². The van der Waals surface area contributed by atoms with Crippen molar-refractivity contribution in [3.63, 3.8) is 0 Å². The highest BCUT2D eigenvalue weighted by Gasteiger charge is 2.46. The Morgan fingerprint density at radius 3 is 2.19 bits per heavy atom. The lowest BCUT2D eigenvalue weighted by Gasteiger charge is -2.40. The van der Waals surface area contributed by atoms with Gasteiger partial charge in [0.05, 0.1) is 27.3 Å². The molecule has 0 spiro atoms. The van der Waals surface area contributed by atoms with E-state index in [1.165, 1.54) is 44.4 Å². The average Bonchev–Trinajstić information content (AvgIpc) is 3.38. The molecule has 5 rings (SSSR count). The second-order valence-electron chi connectivity index (χ2n) is 10.4. The molecule has 4 aromatic rings. The smallest absolute Gasteiger partial charge is 0.316 e. The van der Waals surface area contributed by atoms with Crippen LogP contribution in [0.1, 0.15) is 25.3 Å². The van der Waals surface area contributed by atoms with Gasteiger partial charge in [-0.3, -0.25) is 4.79 Å². The molecule has 1 saturated heterocycles. The summed E-state index contributed by atoms with van der Waals surface area (Å²) in [5.41, 5.74) is -1.01. The second-order valence-corrected chi connectivity index (χ2v) is 14.3. The molecule has 0 bridgehead atoms. The van der Waals surface area contributed by atoms with Crippen LogP contribution in [0.2, 0.25) is 0 Å². The number of carbonyl (C=O) groups excluding carboxylic acids is 1. The summed E-state index contributed by atoms with van der Waals surface area (Å²) in [6, 6.07) is 14.7. The number of para-hydroxylation sites is 1. The van der Waals surface area contributed by atoms with E-state index < -0.39 is 43.1 Å². The fraction of sp³-hybridized carbons (Fsp3) is 0.310. The molecule has 1 aliphatic rings. The van der Waals surface area contributed by atoms with Crippen LogP contribution in [0.3, 0.4) is 0 Å². The van der Waals surface area contributed by atoms with E-state index in [2.05, 4.69) is 5.10 Å². The summed E-state index contributed by atoms with van der Waals surface area (Å²) < 4.78 is 88.3. The van der Waals surface area contributed by atoms with Crippen molar-refractivity contribution in [1.82, 2.24) is 13.5 Å². The van der Waals surface area contributed by atoms with E-state index in [4.69, 9.17) is 4.74 Å². The Bertz CT molecular complexity index is 1900. The summed E-state index contributed by atoms with van der Waals surface area (Å²) >= 11 is 0. The van der Waals surface area contributed by atoms with Gasteiger partial charge in [-0.2, -0.15) is 12.5 Å².